The fraction of sp³-hybridized carbons (Fsp3) is 0.176. The minimum absolute atomic E-state index is 0.0541. The van der Waals surface area contributed by atoms with E-state index in [2.05, 4.69) is 4.98 Å². The van der Waals surface area contributed by atoms with Crippen LogP contribution >= 0.6 is 0 Å². The molecule has 0 aliphatic rings. The van der Waals surface area contributed by atoms with E-state index in [0.717, 1.165) is 11.3 Å². The third-order valence-electron chi connectivity index (χ3n) is 3.92. The van der Waals surface area contributed by atoms with Crippen molar-refractivity contribution in [3.8, 4) is 11.3 Å². The largest absolute Gasteiger partial charge is 0.349 e. The number of H-pyrrole nitrogens is 1. The highest BCUT2D eigenvalue weighted by Crippen LogP contribution is 2.31. The van der Waals surface area contributed by atoms with Gasteiger partial charge in [-0.3, -0.25) is 14.7 Å². The van der Waals surface area contributed by atoms with Crippen molar-refractivity contribution < 1.29 is 17.9 Å². The Bertz CT molecular complexity index is 1030. The molecule has 0 aliphatic carbocycles. The van der Waals surface area contributed by atoms with Gasteiger partial charge in [-0.1, -0.05) is 30.3 Å². The van der Waals surface area contributed by atoms with E-state index in [1.54, 1.807) is 6.07 Å². The Morgan fingerprint density at radius 3 is 2.48 bits per heavy atom. The first-order valence-corrected chi connectivity index (χ1v) is 9.25. The maximum Gasteiger partial charge on any atom is 0.293 e. The number of nitrogens with zero attached hydrogens (tertiary/aromatic N) is 1. The molecule has 0 aliphatic heterocycles. The average Bonchev–Trinajstić information content (AvgIpc) is 2.97. The molecule has 1 heterocycles. The van der Waals surface area contributed by atoms with E-state index < -0.39 is 15.0 Å². The summed E-state index contributed by atoms with van der Waals surface area (Å²) in [5, 5.41) is 12.1. The molecule has 3 aromatic rings. The monoisotopic (exact) mass is 360 g/mol. The van der Waals surface area contributed by atoms with Crippen LogP contribution in [0.3, 0.4) is 0 Å². The quantitative estimate of drug-likeness (QED) is 0.396. The van der Waals surface area contributed by atoms with E-state index in [1.807, 2.05) is 36.4 Å². The lowest BCUT2D eigenvalue weighted by Gasteiger charge is -2.02. The van der Waals surface area contributed by atoms with Crippen molar-refractivity contribution in [2.75, 3.05) is 5.75 Å². The molecule has 8 heteroatoms. The first kappa shape index (κ1) is 17.1. The van der Waals surface area contributed by atoms with E-state index in [-0.39, 0.29) is 17.9 Å². The van der Waals surface area contributed by atoms with Crippen LogP contribution in [0.25, 0.3) is 22.2 Å². The third-order valence-corrected chi connectivity index (χ3v) is 4.72. The number of fused-ring (bicyclic) bond motifs is 1. The Morgan fingerprint density at radius 2 is 1.84 bits per heavy atom. The first-order valence-electron chi connectivity index (χ1n) is 7.64. The Balaban J connectivity index is 2.00. The van der Waals surface area contributed by atoms with Crippen LogP contribution in [0, 0.1) is 10.1 Å². The molecule has 0 amide bonds. The van der Waals surface area contributed by atoms with Crippen LogP contribution < -0.4 is 0 Å². The Hall–Kier alpha value is -2.71. The summed E-state index contributed by atoms with van der Waals surface area (Å²) in [5.41, 5.74) is 2.72. The molecule has 7 nitrogen and oxygen atoms in total. The molecule has 0 fully saturated rings. The van der Waals surface area contributed by atoms with Crippen LogP contribution in [0.5, 0.6) is 0 Å². The van der Waals surface area contributed by atoms with Crippen molar-refractivity contribution in [1.82, 2.24) is 4.98 Å². The summed E-state index contributed by atoms with van der Waals surface area (Å²) in [6, 6.07) is 14.6. The van der Waals surface area contributed by atoms with E-state index in [0.29, 0.717) is 22.9 Å². The molecule has 0 atom stereocenters. The fourth-order valence-electron chi connectivity index (χ4n) is 2.81. The van der Waals surface area contributed by atoms with Gasteiger partial charge in [0.1, 0.15) is 5.52 Å². The van der Waals surface area contributed by atoms with Crippen LogP contribution in [0.2, 0.25) is 0 Å². The van der Waals surface area contributed by atoms with Gasteiger partial charge >= 0.3 is 0 Å². The highest BCUT2D eigenvalue weighted by Gasteiger charge is 2.17. The van der Waals surface area contributed by atoms with Crippen LogP contribution in [0.15, 0.2) is 48.5 Å². The minimum atomic E-state index is -4.04. The number of nitro groups is 1. The predicted molar refractivity (Wildman–Crippen MR) is 95.1 cm³/mol. The van der Waals surface area contributed by atoms with Crippen LogP contribution in [0.4, 0.5) is 5.69 Å². The highest BCUT2D eigenvalue weighted by atomic mass is 32.2. The molecule has 0 bridgehead atoms. The normalized spacial score (nSPS) is 11.7. The van der Waals surface area contributed by atoms with Crippen LogP contribution in [-0.4, -0.2) is 28.6 Å². The number of aromatic amines is 1. The second-order valence-corrected chi connectivity index (χ2v) is 7.35. The molecule has 0 radical (unpaired) electrons. The molecule has 2 N–H and O–H groups in total. The van der Waals surface area contributed by atoms with Crippen molar-refractivity contribution in [2.45, 2.75) is 12.8 Å². The Morgan fingerprint density at radius 1 is 1.12 bits per heavy atom. The molecule has 25 heavy (non-hydrogen) atoms. The second-order valence-electron chi connectivity index (χ2n) is 5.77. The van der Waals surface area contributed by atoms with Gasteiger partial charge in [0.25, 0.3) is 15.8 Å². The maximum atomic E-state index is 11.4. The lowest BCUT2D eigenvalue weighted by molar-refractivity contribution is -0.383. The van der Waals surface area contributed by atoms with E-state index in [1.165, 1.54) is 6.07 Å². The van der Waals surface area contributed by atoms with Gasteiger partial charge in [0.2, 0.25) is 0 Å². The number of aryl methyl sites for hydroxylation is 1. The molecule has 0 saturated carbocycles. The highest BCUT2D eigenvalue weighted by molar-refractivity contribution is 7.85. The number of aromatic nitrogens is 1. The molecular formula is C17H16N2O5S. The standard InChI is InChI=1S/C17H16N2O5S/c20-19(21)16-10-12(5-4-8-25(22,23)24)9-14-11-15(18-17(14)16)13-6-2-1-3-7-13/h1-3,6-7,9-11,18H,4-5,8H2,(H,22,23,24). The molecule has 3 rings (SSSR count). The smallest absolute Gasteiger partial charge is 0.293 e. The molecule has 1 aromatic heterocycles. The third kappa shape index (κ3) is 4.04. The number of hydrogen-bond acceptors (Lipinski definition) is 4. The summed E-state index contributed by atoms with van der Waals surface area (Å²) in [5.74, 6) is -0.374. The lowest BCUT2D eigenvalue weighted by Crippen LogP contribution is -2.05. The minimum Gasteiger partial charge on any atom is -0.349 e. The number of rotatable bonds is 6. The zero-order chi connectivity index (χ0) is 18.0. The van der Waals surface area contributed by atoms with Crippen molar-refractivity contribution in [1.29, 1.82) is 0 Å². The van der Waals surface area contributed by atoms with Crippen molar-refractivity contribution >= 4 is 26.7 Å². The van der Waals surface area contributed by atoms with Gasteiger partial charge in [-0.25, -0.2) is 0 Å². The molecule has 2 aromatic carbocycles. The zero-order valence-electron chi connectivity index (χ0n) is 13.2. The first-order chi connectivity index (χ1) is 11.8. The maximum absolute atomic E-state index is 11.4. The molecular weight excluding hydrogens is 344 g/mol. The predicted octanol–water partition coefficient (Wildman–Crippen LogP) is 3.56. The Kier molecular flexibility index (Phi) is 4.56. The average molecular weight is 360 g/mol. The number of non-ortho nitro benzene ring substituents is 1. The van der Waals surface area contributed by atoms with Gasteiger partial charge in [0.15, 0.2) is 0 Å². The molecule has 0 saturated heterocycles. The summed E-state index contributed by atoms with van der Waals surface area (Å²) < 4.78 is 30.4. The molecule has 0 unspecified atom stereocenters. The summed E-state index contributed by atoms with van der Waals surface area (Å²) in [4.78, 5) is 14.0. The van der Waals surface area contributed by atoms with Gasteiger partial charge in [0, 0.05) is 17.1 Å². The summed E-state index contributed by atoms with van der Waals surface area (Å²) in [6.07, 6.45) is 0.514. The number of nitro benzene ring substituents is 1. The summed E-state index contributed by atoms with van der Waals surface area (Å²) >= 11 is 0. The van der Waals surface area contributed by atoms with Gasteiger partial charge < -0.3 is 4.98 Å². The molecule has 0 spiro atoms. The van der Waals surface area contributed by atoms with Gasteiger partial charge in [-0.2, -0.15) is 8.42 Å². The topological polar surface area (TPSA) is 113 Å². The van der Waals surface area contributed by atoms with E-state index in [4.69, 9.17) is 4.55 Å². The van der Waals surface area contributed by atoms with Gasteiger partial charge in [-0.15, -0.1) is 0 Å². The zero-order valence-corrected chi connectivity index (χ0v) is 14.0. The SMILES string of the molecule is O=[N+]([O-])c1cc(CCCS(=O)(=O)O)cc2cc(-c3ccccc3)[nH]c12. The molecule has 130 valence electrons. The number of benzene rings is 2. The number of nitrogens with one attached hydrogen (secondary N) is 1. The van der Waals surface area contributed by atoms with Crippen molar-refractivity contribution in [2.24, 2.45) is 0 Å². The van der Waals surface area contributed by atoms with Crippen molar-refractivity contribution in [3.05, 3.63) is 64.2 Å². The Labute approximate surface area is 144 Å². The summed E-state index contributed by atoms with van der Waals surface area (Å²) in [7, 11) is -4.04. The van der Waals surface area contributed by atoms with Gasteiger partial charge in [0.05, 0.1) is 10.7 Å². The van der Waals surface area contributed by atoms with Crippen molar-refractivity contribution in [3.63, 3.8) is 0 Å². The lowest BCUT2D eigenvalue weighted by atomic mass is 10.1. The van der Waals surface area contributed by atoms with Crippen LogP contribution in [0.1, 0.15) is 12.0 Å². The van der Waals surface area contributed by atoms with Gasteiger partial charge in [-0.05, 0) is 36.1 Å². The van der Waals surface area contributed by atoms with Crippen LogP contribution in [-0.2, 0) is 16.5 Å². The van der Waals surface area contributed by atoms with E-state index >= 15 is 0 Å². The number of hydrogen-bond donors (Lipinski definition) is 2. The summed E-state index contributed by atoms with van der Waals surface area (Å²) in [6.45, 7) is 0. The second kappa shape index (κ2) is 6.66. The van der Waals surface area contributed by atoms with E-state index in [9.17, 15) is 18.5 Å². The fourth-order valence-corrected chi connectivity index (χ4v) is 3.31.